The van der Waals surface area contributed by atoms with E-state index in [9.17, 15) is 9.90 Å². The summed E-state index contributed by atoms with van der Waals surface area (Å²) in [4.78, 5) is 14.1. The summed E-state index contributed by atoms with van der Waals surface area (Å²) in [6, 6.07) is 6.92. The van der Waals surface area contributed by atoms with Gasteiger partial charge in [-0.25, -0.2) is 0 Å². The van der Waals surface area contributed by atoms with Crippen LogP contribution in [0.3, 0.4) is 0 Å². The normalized spacial score (nSPS) is 12.2. The van der Waals surface area contributed by atoms with Gasteiger partial charge in [0, 0.05) is 12.4 Å². The number of benzene rings is 1. The molecule has 1 aromatic heterocycles. The minimum atomic E-state index is -0.0348. The van der Waals surface area contributed by atoms with Gasteiger partial charge in [0.1, 0.15) is 5.75 Å². The molecule has 1 aromatic carbocycles. The van der Waals surface area contributed by atoms with E-state index in [2.05, 4.69) is 0 Å². The first-order valence-corrected chi connectivity index (χ1v) is 7.04. The highest BCUT2D eigenvalue weighted by Crippen LogP contribution is 2.24. The second kappa shape index (κ2) is 5.45. The van der Waals surface area contributed by atoms with Crippen molar-refractivity contribution < 1.29 is 9.90 Å². The number of amides is 1. The number of aryl methyl sites for hydroxylation is 1. The predicted molar refractivity (Wildman–Crippen MR) is 77.7 cm³/mol. The van der Waals surface area contributed by atoms with E-state index in [1.807, 2.05) is 36.7 Å². The first-order valence-electron chi connectivity index (χ1n) is 6.09. The van der Waals surface area contributed by atoms with Crippen LogP contribution < -0.4 is 0 Å². The number of phenols is 1. The van der Waals surface area contributed by atoms with Crippen molar-refractivity contribution >= 4 is 17.2 Å². The van der Waals surface area contributed by atoms with Crippen LogP contribution in [0.2, 0.25) is 0 Å². The standard InChI is InChI=1S/C15H17NO2S/c1-10-8-19-9-14(10)15(18)16(3)11(2)12-4-6-13(17)7-5-12/h4-9,11,17H,1-3H3. The van der Waals surface area contributed by atoms with E-state index in [0.717, 1.165) is 16.7 Å². The van der Waals surface area contributed by atoms with Crippen molar-refractivity contribution in [3.8, 4) is 5.75 Å². The number of aromatic hydroxyl groups is 1. The van der Waals surface area contributed by atoms with Gasteiger partial charge in [-0.05, 0) is 42.5 Å². The number of hydrogen-bond donors (Lipinski definition) is 1. The van der Waals surface area contributed by atoms with Gasteiger partial charge in [-0.3, -0.25) is 4.79 Å². The molecule has 0 fully saturated rings. The largest absolute Gasteiger partial charge is 0.508 e. The van der Waals surface area contributed by atoms with Gasteiger partial charge < -0.3 is 10.0 Å². The Bertz CT molecular complexity index is 574. The number of phenolic OH excluding ortho intramolecular Hbond substituents is 1. The number of carbonyl (C=O) groups excluding carboxylic acids is 1. The van der Waals surface area contributed by atoms with Gasteiger partial charge >= 0.3 is 0 Å². The van der Waals surface area contributed by atoms with Gasteiger partial charge in [-0.15, -0.1) is 0 Å². The number of thiophene rings is 1. The van der Waals surface area contributed by atoms with Crippen molar-refractivity contribution in [3.63, 3.8) is 0 Å². The molecule has 19 heavy (non-hydrogen) atoms. The molecule has 0 aliphatic carbocycles. The van der Waals surface area contributed by atoms with Crippen LogP contribution in [0.15, 0.2) is 35.0 Å². The zero-order valence-corrected chi connectivity index (χ0v) is 12.1. The second-order valence-corrected chi connectivity index (χ2v) is 5.40. The van der Waals surface area contributed by atoms with Crippen LogP contribution in [-0.2, 0) is 0 Å². The third-order valence-electron chi connectivity index (χ3n) is 3.36. The summed E-state index contributed by atoms with van der Waals surface area (Å²) < 4.78 is 0. The Labute approximate surface area is 117 Å². The van der Waals surface area contributed by atoms with E-state index in [-0.39, 0.29) is 17.7 Å². The van der Waals surface area contributed by atoms with E-state index >= 15 is 0 Å². The molecule has 0 saturated carbocycles. The van der Waals surface area contributed by atoms with Crippen LogP contribution in [0.4, 0.5) is 0 Å². The lowest BCUT2D eigenvalue weighted by molar-refractivity contribution is 0.0742. The zero-order valence-electron chi connectivity index (χ0n) is 11.3. The highest BCUT2D eigenvalue weighted by Gasteiger charge is 2.20. The van der Waals surface area contributed by atoms with Crippen molar-refractivity contribution in [2.24, 2.45) is 0 Å². The lowest BCUT2D eigenvalue weighted by Gasteiger charge is -2.25. The lowest BCUT2D eigenvalue weighted by atomic mass is 10.1. The van der Waals surface area contributed by atoms with E-state index in [4.69, 9.17) is 0 Å². The molecule has 0 aliphatic rings. The molecule has 1 atom stereocenters. The Balaban J connectivity index is 2.19. The lowest BCUT2D eigenvalue weighted by Crippen LogP contribution is -2.29. The van der Waals surface area contributed by atoms with E-state index < -0.39 is 0 Å². The number of hydrogen-bond acceptors (Lipinski definition) is 3. The topological polar surface area (TPSA) is 40.5 Å². The van der Waals surface area contributed by atoms with Gasteiger partial charge in [0.15, 0.2) is 0 Å². The molecular formula is C15H17NO2S. The molecule has 0 aliphatic heterocycles. The molecule has 1 heterocycles. The molecule has 100 valence electrons. The van der Waals surface area contributed by atoms with Gasteiger partial charge in [-0.1, -0.05) is 12.1 Å². The number of nitrogens with zero attached hydrogens (tertiary/aromatic N) is 1. The van der Waals surface area contributed by atoms with Crippen molar-refractivity contribution in [2.45, 2.75) is 19.9 Å². The molecule has 3 nitrogen and oxygen atoms in total. The minimum absolute atomic E-state index is 0.0272. The smallest absolute Gasteiger partial charge is 0.255 e. The highest BCUT2D eigenvalue weighted by molar-refractivity contribution is 7.08. The average molecular weight is 275 g/mol. The molecule has 0 saturated heterocycles. The maximum absolute atomic E-state index is 12.4. The van der Waals surface area contributed by atoms with Crippen molar-refractivity contribution in [1.29, 1.82) is 0 Å². The summed E-state index contributed by atoms with van der Waals surface area (Å²) in [6.45, 7) is 3.93. The quantitative estimate of drug-likeness (QED) is 0.930. The molecular weight excluding hydrogens is 258 g/mol. The van der Waals surface area contributed by atoms with E-state index in [1.54, 1.807) is 35.4 Å². The summed E-state index contributed by atoms with van der Waals surface area (Å²) in [5, 5.41) is 13.2. The van der Waals surface area contributed by atoms with Crippen LogP contribution in [0.1, 0.15) is 34.5 Å². The van der Waals surface area contributed by atoms with Crippen LogP contribution in [0.25, 0.3) is 0 Å². The van der Waals surface area contributed by atoms with Crippen molar-refractivity contribution in [2.75, 3.05) is 7.05 Å². The molecule has 0 spiro atoms. The summed E-state index contributed by atoms with van der Waals surface area (Å²) in [7, 11) is 1.80. The zero-order chi connectivity index (χ0) is 14.0. The van der Waals surface area contributed by atoms with Crippen molar-refractivity contribution in [3.05, 3.63) is 51.7 Å². The third kappa shape index (κ3) is 2.79. The molecule has 2 aromatic rings. The SMILES string of the molecule is Cc1cscc1C(=O)N(C)C(C)c1ccc(O)cc1. The van der Waals surface area contributed by atoms with Crippen LogP contribution in [-0.4, -0.2) is 23.0 Å². The monoisotopic (exact) mass is 275 g/mol. The fourth-order valence-corrected chi connectivity index (χ4v) is 2.74. The highest BCUT2D eigenvalue weighted by atomic mass is 32.1. The number of rotatable bonds is 3. The maximum atomic E-state index is 12.4. The molecule has 1 unspecified atom stereocenters. The van der Waals surface area contributed by atoms with Crippen LogP contribution in [0.5, 0.6) is 5.75 Å². The van der Waals surface area contributed by atoms with Crippen molar-refractivity contribution in [1.82, 2.24) is 4.90 Å². The molecule has 4 heteroatoms. The first kappa shape index (κ1) is 13.6. The Morgan fingerprint density at radius 1 is 1.26 bits per heavy atom. The van der Waals surface area contributed by atoms with Gasteiger partial charge in [0.2, 0.25) is 0 Å². The molecule has 2 rings (SSSR count). The Morgan fingerprint density at radius 3 is 2.42 bits per heavy atom. The van der Waals surface area contributed by atoms with E-state index in [1.165, 1.54) is 0 Å². The first-order chi connectivity index (χ1) is 9.00. The Hall–Kier alpha value is -1.81. The van der Waals surface area contributed by atoms with Gasteiger partial charge in [-0.2, -0.15) is 11.3 Å². The van der Waals surface area contributed by atoms with Crippen LogP contribution in [0, 0.1) is 6.92 Å². The minimum Gasteiger partial charge on any atom is -0.508 e. The fourth-order valence-electron chi connectivity index (χ4n) is 1.92. The fraction of sp³-hybridized carbons (Fsp3) is 0.267. The third-order valence-corrected chi connectivity index (χ3v) is 4.22. The Morgan fingerprint density at radius 2 is 1.89 bits per heavy atom. The van der Waals surface area contributed by atoms with Gasteiger partial charge in [0.25, 0.3) is 5.91 Å². The maximum Gasteiger partial charge on any atom is 0.255 e. The summed E-state index contributed by atoms with van der Waals surface area (Å²) >= 11 is 1.54. The van der Waals surface area contributed by atoms with Crippen LogP contribution >= 0.6 is 11.3 Å². The summed E-state index contributed by atoms with van der Waals surface area (Å²) in [5.74, 6) is 0.262. The molecule has 1 N–H and O–H groups in total. The number of carbonyl (C=O) groups is 1. The summed E-state index contributed by atoms with van der Waals surface area (Å²) in [5.41, 5.74) is 2.78. The van der Waals surface area contributed by atoms with Gasteiger partial charge in [0.05, 0.1) is 11.6 Å². The summed E-state index contributed by atoms with van der Waals surface area (Å²) in [6.07, 6.45) is 0. The molecule has 0 radical (unpaired) electrons. The predicted octanol–water partition coefficient (Wildman–Crippen LogP) is 3.60. The second-order valence-electron chi connectivity index (χ2n) is 4.65. The van der Waals surface area contributed by atoms with E-state index in [0.29, 0.717) is 0 Å². The molecule has 0 bridgehead atoms. The Kier molecular flexibility index (Phi) is 3.90. The average Bonchev–Trinajstić information content (AvgIpc) is 2.83. The molecule has 1 amide bonds.